The summed E-state index contributed by atoms with van der Waals surface area (Å²) in [4.78, 5) is 27.7. The second-order valence-corrected chi connectivity index (χ2v) is 8.43. The zero-order valence-corrected chi connectivity index (χ0v) is 19.9. The molecule has 0 aliphatic carbocycles. The molecule has 8 heteroatoms. The number of ketones is 1. The van der Waals surface area contributed by atoms with Gasteiger partial charge in [-0.25, -0.2) is 4.39 Å². The number of aliphatic hydroxyl groups is 1. The average molecular weight is 496 g/mol. The number of ether oxygens (including phenoxy) is 2. The Labute approximate surface area is 207 Å². The van der Waals surface area contributed by atoms with Crippen LogP contribution in [0.5, 0.6) is 11.5 Å². The van der Waals surface area contributed by atoms with Gasteiger partial charge >= 0.3 is 0 Å². The van der Waals surface area contributed by atoms with Gasteiger partial charge in [-0.05, 0) is 66.1 Å². The van der Waals surface area contributed by atoms with Crippen molar-refractivity contribution in [3.8, 4) is 11.5 Å². The Morgan fingerprint density at radius 3 is 2.26 bits per heavy atom. The summed E-state index contributed by atoms with van der Waals surface area (Å²) in [5.41, 5.74) is 1.69. The number of carbonyl (C=O) groups is 2. The Hall–Kier alpha value is -3.84. The molecule has 0 radical (unpaired) electrons. The number of likely N-dealkylation sites (tertiary alicyclic amines) is 1. The Bertz CT molecular complexity index is 1290. The zero-order chi connectivity index (χ0) is 25.1. The Morgan fingerprint density at radius 2 is 1.63 bits per heavy atom. The second kappa shape index (κ2) is 10.2. The topological polar surface area (TPSA) is 76.1 Å². The molecule has 35 heavy (non-hydrogen) atoms. The van der Waals surface area contributed by atoms with Gasteiger partial charge in [-0.2, -0.15) is 0 Å². The van der Waals surface area contributed by atoms with E-state index in [-0.39, 0.29) is 23.7 Å². The lowest BCUT2D eigenvalue weighted by molar-refractivity contribution is -0.139. The van der Waals surface area contributed by atoms with E-state index in [1.807, 2.05) is 0 Å². The number of carbonyl (C=O) groups excluding carboxylic acids is 2. The van der Waals surface area contributed by atoms with Gasteiger partial charge in [-0.3, -0.25) is 9.59 Å². The third-order valence-electron chi connectivity index (χ3n) is 5.94. The molecular weight excluding hydrogens is 473 g/mol. The molecule has 1 fully saturated rings. The normalized spacial score (nSPS) is 17.0. The van der Waals surface area contributed by atoms with E-state index in [9.17, 15) is 19.1 Å². The molecule has 1 saturated heterocycles. The molecule has 1 atom stereocenters. The molecule has 0 aromatic heterocycles. The number of nitrogens with zero attached hydrogens (tertiary/aromatic N) is 1. The third-order valence-corrected chi connectivity index (χ3v) is 6.19. The first-order chi connectivity index (χ1) is 16.8. The lowest BCUT2D eigenvalue weighted by atomic mass is 9.95. The van der Waals surface area contributed by atoms with E-state index in [1.54, 1.807) is 54.6 Å². The Balaban J connectivity index is 1.81. The molecule has 3 aromatic carbocycles. The molecule has 1 heterocycles. The summed E-state index contributed by atoms with van der Waals surface area (Å²) in [5, 5.41) is 11.6. The maximum atomic E-state index is 13.3. The molecule has 4 rings (SSSR count). The molecule has 3 aromatic rings. The van der Waals surface area contributed by atoms with Gasteiger partial charge in [0.25, 0.3) is 11.7 Å². The van der Waals surface area contributed by atoms with Gasteiger partial charge in [0, 0.05) is 17.1 Å². The molecule has 1 aliphatic heterocycles. The highest BCUT2D eigenvalue weighted by Gasteiger charge is 2.46. The van der Waals surface area contributed by atoms with Gasteiger partial charge < -0.3 is 19.5 Å². The maximum Gasteiger partial charge on any atom is 0.295 e. The van der Waals surface area contributed by atoms with Crippen molar-refractivity contribution in [1.82, 2.24) is 4.90 Å². The number of hydrogen-bond donors (Lipinski definition) is 1. The first-order valence-electron chi connectivity index (χ1n) is 10.8. The summed E-state index contributed by atoms with van der Waals surface area (Å²) in [6.07, 6.45) is 0.387. The quantitative estimate of drug-likeness (QED) is 0.278. The first kappa shape index (κ1) is 24.3. The van der Waals surface area contributed by atoms with Crippen molar-refractivity contribution in [1.29, 1.82) is 0 Å². The summed E-state index contributed by atoms with van der Waals surface area (Å²) < 4.78 is 24.0. The number of rotatable bonds is 7. The van der Waals surface area contributed by atoms with Crippen molar-refractivity contribution in [2.45, 2.75) is 12.5 Å². The molecule has 1 N–H and O–H groups in total. The van der Waals surface area contributed by atoms with E-state index in [0.29, 0.717) is 34.1 Å². The molecule has 180 valence electrons. The molecule has 1 unspecified atom stereocenters. The van der Waals surface area contributed by atoms with Gasteiger partial charge in [0.05, 0.1) is 25.8 Å². The summed E-state index contributed by atoms with van der Waals surface area (Å²) in [5.74, 6) is -1.29. The van der Waals surface area contributed by atoms with Crippen LogP contribution in [0.15, 0.2) is 72.3 Å². The van der Waals surface area contributed by atoms with E-state index in [1.165, 1.54) is 31.3 Å². The van der Waals surface area contributed by atoms with Crippen LogP contribution in [0.1, 0.15) is 22.7 Å². The second-order valence-electron chi connectivity index (χ2n) is 7.99. The Kier molecular flexibility index (Phi) is 7.07. The van der Waals surface area contributed by atoms with E-state index in [2.05, 4.69) is 0 Å². The highest BCUT2D eigenvalue weighted by atomic mass is 35.5. The number of halogens is 2. The fourth-order valence-corrected chi connectivity index (χ4v) is 4.27. The molecule has 0 spiro atoms. The number of methoxy groups -OCH3 is 2. The van der Waals surface area contributed by atoms with Crippen LogP contribution in [0, 0.1) is 5.82 Å². The minimum Gasteiger partial charge on any atom is -0.507 e. The summed E-state index contributed by atoms with van der Waals surface area (Å²) in [7, 11) is 2.99. The van der Waals surface area contributed by atoms with Gasteiger partial charge in [0.1, 0.15) is 11.6 Å². The van der Waals surface area contributed by atoms with Crippen molar-refractivity contribution in [3.63, 3.8) is 0 Å². The molecule has 0 saturated carbocycles. The number of amides is 1. The number of aliphatic hydroxyl groups excluding tert-OH is 1. The van der Waals surface area contributed by atoms with Gasteiger partial charge in [0.2, 0.25) is 0 Å². The largest absolute Gasteiger partial charge is 0.507 e. The molecular formula is C27H23ClFNO5. The standard InChI is InChI=1S/C27H23ClFNO5/c1-34-21-12-7-18(15-22(21)35-2)24-23(25(31)17-5-8-19(28)9-6-17)26(32)27(33)30(24)14-13-16-3-10-20(29)11-4-16/h3-12,15,24,31H,13-14H2,1-2H3/b25-23-. The average Bonchev–Trinajstić information content (AvgIpc) is 3.12. The minimum absolute atomic E-state index is 0.0383. The molecule has 6 nitrogen and oxygen atoms in total. The fourth-order valence-electron chi connectivity index (χ4n) is 4.14. The molecule has 1 amide bonds. The summed E-state index contributed by atoms with van der Waals surface area (Å²) in [6, 6.07) is 16.5. The van der Waals surface area contributed by atoms with Crippen LogP contribution in [-0.2, 0) is 16.0 Å². The Morgan fingerprint density at radius 1 is 0.971 bits per heavy atom. The van der Waals surface area contributed by atoms with Crippen molar-refractivity contribution in [2.75, 3.05) is 20.8 Å². The SMILES string of the molecule is COc1ccc(C2/C(=C(/O)c3ccc(Cl)cc3)C(=O)C(=O)N2CCc2ccc(F)cc2)cc1OC. The number of benzene rings is 3. The first-order valence-corrected chi connectivity index (χ1v) is 11.2. The van der Waals surface area contributed by atoms with Crippen LogP contribution in [0.4, 0.5) is 4.39 Å². The lowest BCUT2D eigenvalue weighted by Crippen LogP contribution is -2.31. The fraction of sp³-hybridized carbons (Fsp3) is 0.185. The van der Waals surface area contributed by atoms with Crippen LogP contribution >= 0.6 is 11.6 Å². The molecule has 1 aliphatic rings. The van der Waals surface area contributed by atoms with Crippen molar-refractivity contribution in [2.24, 2.45) is 0 Å². The van der Waals surface area contributed by atoms with E-state index >= 15 is 0 Å². The zero-order valence-electron chi connectivity index (χ0n) is 19.1. The number of hydrogen-bond acceptors (Lipinski definition) is 5. The van der Waals surface area contributed by atoms with Crippen LogP contribution in [-0.4, -0.2) is 42.5 Å². The monoisotopic (exact) mass is 495 g/mol. The molecule has 0 bridgehead atoms. The van der Waals surface area contributed by atoms with Crippen LogP contribution in [0.2, 0.25) is 5.02 Å². The number of Topliss-reactive ketones (excluding diaryl/α,β-unsaturated/α-hetero) is 1. The van der Waals surface area contributed by atoms with Crippen molar-refractivity contribution < 1.29 is 28.6 Å². The predicted molar refractivity (Wildman–Crippen MR) is 130 cm³/mol. The maximum absolute atomic E-state index is 13.3. The highest BCUT2D eigenvalue weighted by molar-refractivity contribution is 6.46. The van der Waals surface area contributed by atoms with Gasteiger partial charge in [-0.15, -0.1) is 0 Å². The summed E-state index contributed by atoms with van der Waals surface area (Å²) >= 11 is 5.97. The van der Waals surface area contributed by atoms with Gasteiger partial charge in [-0.1, -0.05) is 29.8 Å². The highest BCUT2D eigenvalue weighted by Crippen LogP contribution is 2.42. The van der Waals surface area contributed by atoms with Crippen molar-refractivity contribution in [3.05, 3.63) is 99.8 Å². The lowest BCUT2D eigenvalue weighted by Gasteiger charge is -2.26. The third kappa shape index (κ3) is 4.86. The predicted octanol–water partition coefficient (Wildman–Crippen LogP) is 5.16. The van der Waals surface area contributed by atoms with Crippen LogP contribution < -0.4 is 9.47 Å². The smallest absolute Gasteiger partial charge is 0.295 e. The van der Waals surface area contributed by atoms with E-state index in [4.69, 9.17) is 21.1 Å². The van der Waals surface area contributed by atoms with Crippen molar-refractivity contribution >= 4 is 29.1 Å². The minimum atomic E-state index is -0.870. The van der Waals surface area contributed by atoms with Crippen LogP contribution in [0.3, 0.4) is 0 Å². The van der Waals surface area contributed by atoms with Crippen LogP contribution in [0.25, 0.3) is 5.76 Å². The van der Waals surface area contributed by atoms with E-state index < -0.39 is 17.7 Å². The summed E-state index contributed by atoms with van der Waals surface area (Å²) in [6.45, 7) is 0.173. The van der Waals surface area contributed by atoms with E-state index in [0.717, 1.165) is 5.56 Å². The van der Waals surface area contributed by atoms with Gasteiger partial charge in [0.15, 0.2) is 11.5 Å².